The Kier molecular flexibility index (Phi) is 6.65. The Hall–Kier alpha value is -2.60. The van der Waals surface area contributed by atoms with Gasteiger partial charge in [-0.2, -0.15) is 0 Å². The molecule has 2 aromatic rings. The van der Waals surface area contributed by atoms with Crippen molar-refractivity contribution < 1.29 is 4.79 Å². The van der Waals surface area contributed by atoms with Gasteiger partial charge in [-0.05, 0) is 29.7 Å². The van der Waals surface area contributed by atoms with E-state index in [2.05, 4.69) is 39.5 Å². The number of hydrogen-bond acceptors (Lipinski definition) is 4. The van der Waals surface area contributed by atoms with Crippen molar-refractivity contribution in [1.82, 2.24) is 20.1 Å². The first-order valence-electron chi connectivity index (χ1n) is 9.53. The molecule has 1 aliphatic heterocycles. The summed E-state index contributed by atoms with van der Waals surface area (Å²) in [5, 5.41) is 3.03. The van der Waals surface area contributed by atoms with Crippen LogP contribution in [-0.2, 0) is 13.0 Å². The fourth-order valence-electron chi connectivity index (χ4n) is 3.21. The number of rotatable bonds is 6. The number of pyridine rings is 1. The molecule has 0 spiro atoms. The summed E-state index contributed by atoms with van der Waals surface area (Å²) in [5.41, 5.74) is 2.43. The summed E-state index contributed by atoms with van der Waals surface area (Å²) in [6.45, 7) is 4.99. The molecule has 27 heavy (non-hydrogen) atoms. The van der Waals surface area contributed by atoms with Gasteiger partial charge in [0.1, 0.15) is 5.82 Å². The summed E-state index contributed by atoms with van der Waals surface area (Å²) in [5.74, 6) is 0.897. The van der Waals surface area contributed by atoms with Crippen molar-refractivity contribution in [1.29, 1.82) is 0 Å². The number of piperazine rings is 1. The maximum Gasteiger partial charge on any atom is 0.317 e. The fraction of sp³-hybridized carbons (Fsp3) is 0.429. The molecule has 2 heterocycles. The van der Waals surface area contributed by atoms with Crippen molar-refractivity contribution in [3.63, 3.8) is 0 Å². The lowest BCUT2D eigenvalue weighted by atomic mass is 10.1. The van der Waals surface area contributed by atoms with E-state index in [-0.39, 0.29) is 6.03 Å². The lowest BCUT2D eigenvalue weighted by Gasteiger charge is -2.34. The number of hydrogen-bond donors (Lipinski definition) is 1. The Bertz CT molecular complexity index is 726. The zero-order valence-electron chi connectivity index (χ0n) is 16.3. The summed E-state index contributed by atoms with van der Waals surface area (Å²) in [7, 11) is 3.92. The third-order valence-corrected chi connectivity index (χ3v) is 4.93. The zero-order chi connectivity index (χ0) is 19.1. The van der Waals surface area contributed by atoms with Gasteiger partial charge in [0.25, 0.3) is 0 Å². The van der Waals surface area contributed by atoms with Crippen molar-refractivity contribution in [2.45, 2.75) is 13.0 Å². The topological polar surface area (TPSA) is 51.7 Å². The van der Waals surface area contributed by atoms with Crippen LogP contribution in [0.2, 0.25) is 0 Å². The molecule has 0 atom stereocenters. The van der Waals surface area contributed by atoms with E-state index in [1.165, 1.54) is 5.56 Å². The summed E-state index contributed by atoms with van der Waals surface area (Å²) < 4.78 is 0. The second kappa shape index (κ2) is 9.37. The standard InChI is InChI=1S/C21H29N5O/c1-24(2)20-16-19(8-10-22-20)17-23-21(27)26-14-12-25(13-15-26)11-9-18-6-4-3-5-7-18/h3-8,10,16H,9,11-15,17H2,1-2H3,(H,23,27). The first kappa shape index (κ1) is 19.2. The van der Waals surface area contributed by atoms with E-state index >= 15 is 0 Å². The van der Waals surface area contributed by atoms with E-state index in [1.807, 2.05) is 42.1 Å². The van der Waals surface area contributed by atoms with Gasteiger partial charge in [-0.25, -0.2) is 9.78 Å². The van der Waals surface area contributed by atoms with Gasteiger partial charge in [0.15, 0.2) is 0 Å². The number of aromatic nitrogens is 1. The van der Waals surface area contributed by atoms with Crippen LogP contribution in [0.25, 0.3) is 0 Å². The lowest BCUT2D eigenvalue weighted by Crippen LogP contribution is -2.51. The van der Waals surface area contributed by atoms with Crippen LogP contribution >= 0.6 is 0 Å². The number of carbonyl (C=O) groups excluding carboxylic acids is 1. The molecule has 0 saturated carbocycles. The molecule has 1 aromatic heterocycles. The van der Waals surface area contributed by atoms with Crippen LogP contribution in [0, 0.1) is 0 Å². The quantitative estimate of drug-likeness (QED) is 0.851. The van der Waals surface area contributed by atoms with Gasteiger partial charge in [0.05, 0.1) is 0 Å². The van der Waals surface area contributed by atoms with Crippen molar-refractivity contribution >= 4 is 11.8 Å². The number of amides is 2. The minimum Gasteiger partial charge on any atom is -0.363 e. The van der Waals surface area contributed by atoms with Crippen LogP contribution in [0.4, 0.5) is 10.6 Å². The molecule has 3 rings (SSSR count). The third kappa shape index (κ3) is 5.69. The molecule has 1 fully saturated rings. The van der Waals surface area contributed by atoms with E-state index in [0.717, 1.165) is 50.5 Å². The molecule has 2 amide bonds. The number of benzene rings is 1. The molecule has 6 heteroatoms. The summed E-state index contributed by atoms with van der Waals surface area (Å²) in [4.78, 5) is 23.0. The largest absolute Gasteiger partial charge is 0.363 e. The van der Waals surface area contributed by atoms with Gasteiger partial charge in [-0.3, -0.25) is 4.90 Å². The van der Waals surface area contributed by atoms with Crippen LogP contribution in [0.3, 0.4) is 0 Å². The minimum atomic E-state index is 0.0147. The Morgan fingerprint density at radius 3 is 2.52 bits per heavy atom. The number of anilines is 1. The molecule has 0 radical (unpaired) electrons. The number of nitrogens with zero attached hydrogens (tertiary/aromatic N) is 4. The monoisotopic (exact) mass is 367 g/mol. The van der Waals surface area contributed by atoms with E-state index in [4.69, 9.17) is 0 Å². The van der Waals surface area contributed by atoms with E-state index in [0.29, 0.717) is 6.54 Å². The molecule has 1 N–H and O–H groups in total. The average molecular weight is 367 g/mol. The highest BCUT2D eigenvalue weighted by Gasteiger charge is 2.20. The first-order chi connectivity index (χ1) is 13.1. The summed E-state index contributed by atoms with van der Waals surface area (Å²) in [6, 6.07) is 14.5. The molecule has 144 valence electrons. The van der Waals surface area contributed by atoms with Gasteiger partial charge >= 0.3 is 6.03 Å². The fourth-order valence-corrected chi connectivity index (χ4v) is 3.21. The number of nitrogens with one attached hydrogen (secondary N) is 1. The molecule has 1 aromatic carbocycles. The lowest BCUT2D eigenvalue weighted by molar-refractivity contribution is 0.140. The zero-order valence-corrected chi connectivity index (χ0v) is 16.3. The number of carbonyl (C=O) groups is 1. The van der Waals surface area contributed by atoms with Crippen molar-refractivity contribution in [3.05, 3.63) is 59.8 Å². The van der Waals surface area contributed by atoms with Crippen LogP contribution in [0.5, 0.6) is 0 Å². The summed E-state index contributed by atoms with van der Waals surface area (Å²) in [6.07, 6.45) is 2.84. The Labute approximate surface area is 161 Å². The second-order valence-corrected chi connectivity index (χ2v) is 7.14. The van der Waals surface area contributed by atoms with Gasteiger partial charge in [-0.15, -0.1) is 0 Å². The van der Waals surface area contributed by atoms with Gasteiger partial charge in [0.2, 0.25) is 0 Å². The third-order valence-electron chi connectivity index (χ3n) is 4.93. The Balaban J connectivity index is 1.40. The summed E-state index contributed by atoms with van der Waals surface area (Å²) >= 11 is 0. The molecular weight excluding hydrogens is 338 g/mol. The molecule has 0 bridgehead atoms. The predicted molar refractivity (Wildman–Crippen MR) is 109 cm³/mol. The van der Waals surface area contributed by atoms with Crippen LogP contribution in [0.1, 0.15) is 11.1 Å². The maximum atomic E-state index is 12.4. The SMILES string of the molecule is CN(C)c1cc(CNC(=O)N2CCN(CCc3ccccc3)CC2)ccn1. The molecule has 6 nitrogen and oxygen atoms in total. The smallest absolute Gasteiger partial charge is 0.317 e. The molecule has 1 saturated heterocycles. The molecule has 0 unspecified atom stereocenters. The van der Waals surface area contributed by atoms with Crippen molar-refractivity contribution in [2.24, 2.45) is 0 Å². The normalized spacial score (nSPS) is 14.8. The predicted octanol–water partition coefficient (Wildman–Crippen LogP) is 2.22. The van der Waals surface area contributed by atoms with Crippen LogP contribution < -0.4 is 10.2 Å². The van der Waals surface area contributed by atoms with Crippen molar-refractivity contribution in [2.75, 3.05) is 51.7 Å². The van der Waals surface area contributed by atoms with Crippen LogP contribution in [0.15, 0.2) is 48.7 Å². The maximum absolute atomic E-state index is 12.4. The second-order valence-electron chi connectivity index (χ2n) is 7.14. The van der Waals surface area contributed by atoms with Crippen LogP contribution in [-0.4, -0.2) is 67.6 Å². The van der Waals surface area contributed by atoms with E-state index < -0.39 is 0 Å². The minimum absolute atomic E-state index is 0.0147. The Morgan fingerprint density at radius 2 is 1.81 bits per heavy atom. The Morgan fingerprint density at radius 1 is 1.07 bits per heavy atom. The molecule has 1 aliphatic rings. The average Bonchev–Trinajstić information content (AvgIpc) is 2.72. The van der Waals surface area contributed by atoms with E-state index in [1.54, 1.807) is 6.20 Å². The highest BCUT2D eigenvalue weighted by atomic mass is 16.2. The number of urea groups is 1. The first-order valence-corrected chi connectivity index (χ1v) is 9.53. The van der Waals surface area contributed by atoms with E-state index in [9.17, 15) is 4.79 Å². The van der Waals surface area contributed by atoms with Gasteiger partial charge in [0, 0.05) is 59.6 Å². The van der Waals surface area contributed by atoms with Gasteiger partial charge < -0.3 is 15.1 Å². The highest BCUT2D eigenvalue weighted by molar-refractivity contribution is 5.74. The van der Waals surface area contributed by atoms with Gasteiger partial charge in [-0.1, -0.05) is 30.3 Å². The molecule has 0 aliphatic carbocycles. The van der Waals surface area contributed by atoms with Crippen molar-refractivity contribution in [3.8, 4) is 0 Å². The molecular formula is C21H29N5O. The highest BCUT2D eigenvalue weighted by Crippen LogP contribution is 2.10.